The SMILES string of the molecule is [CH2-]N(CC)CC.[Rf]. The van der Waals surface area contributed by atoms with Gasteiger partial charge in [0.15, 0.2) is 0 Å². The van der Waals surface area contributed by atoms with Gasteiger partial charge >= 0.3 is 0 Å². The Morgan fingerprint density at radius 1 is 1.29 bits per heavy atom. The molecule has 0 aliphatic carbocycles. The summed E-state index contributed by atoms with van der Waals surface area (Å²) in [5.41, 5.74) is 0. The summed E-state index contributed by atoms with van der Waals surface area (Å²) in [7, 11) is 3.71. The van der Waals surface area contributed by atoms with E-state index in [1.807, 2.05) is 4.90 Å². The molecule has 0 rings (SSSR count). The molecular formula is C5H12NRf-. The zero-order chi connectivity index (χ0) is 4.99. The van der Waals surface area contributed by atoms with Crippen LogP contribution in [-0.2, 0) is 0 Å². The predicted octanol–water partition coefficient (Wildman–Crippen LogP) is 1.12. The van der Waals surface area contributed by atoms with E-state index < -0.39 is 0 Å². The molecule has 0 unspecified atom stereocenters. The van der Waals surface area contributed by atoms with Crippen LogP contribution in [0, 0.1) is 7.05 Å². The molecule has 40 valence electrons. The molecule has 0 aromatic rings. The first-order valence-electron chi connectivity index (χ1n) is 2.36. The van der Waals surface area contributed by atoms with Gasteiger partial charge in [0.2, 0.25) is 0 Å². The molecule has 0 aromatic heterocycles. The Morgan fingerprint density at radius 3 is 1.57 bits per heavy atom. The van der Waals surface area contributed by atoms with Crippen LogP contribution in [-0.4, -0.2) is 18.0 Å². The third-order valence-corrected chi connectivity index (χ3v) is 0.894. The molecular weight excluding hydrogens is 341 g/mol. The zero-order valence-electron chi connectivity index (χ0n) is 5.28. The van der Waals surface area contributed by atoms with Gasteiger partial charge in [0, 0.05) is 0 Å². The Balaban J connectivity index is 0. The molecule has 0 aliphatic heterocycles. The monoisotopic (exact) mass is 353 g/mol. The molecule has 0 fully saturated rings. The van der Waals surface area contributed by atoms with Crippen molar-refractivity contribution in [2.75, 3.05) is 13.1 Å². The normalized spacial score (nSPS) is 8.57. The van der Waals surface area contributed by atoms with E-state index in [4.69, 9.17) is 0 Å². The predicted molar refractivity (Wildman–Crippen MR) is 28.3 cm³/mol. The largest absolute Gasteiger partial charge is 0.460 e. The molecule has 0 aromatic carbocycles. The first-order chi connectivity index (χ1) is 2.81. The first-order valence-corrected chi connectivity index (χ1v) is 2.36. The van der Waals surface area contributed by atoms with Gasteiger partial charge < -0.3 is 4.90 Å². The van der Waals surface area contributed by atoms with Crippen LogP contribution in [0.1, 0.15) is 13.8 Å². The van der Waals surface area contributed by atoms with E-state index in [2.05, 4.69) is 20.9 Å². The first kappa shape index (κ1) is 9.35. The van der Waals surface area contributed by atoms with Crippen molar-refractivity contribution in [3.8, 4) is 0 Å². The van der Waals surface area contributed by atoms with E-state index in [1.165, 1.54) is 0 Å². The van der Waals surface area contributed by atoms with Crippen molar-refractivity contribution < 1.29 is 0 Å². The molecule has 2 heteroatoms. The van der Waals surface area contributed by atoms with Gasteiger partial charge in [-0.15, -0.1) is 0 Å². The van der Waals surface area contributed by atoms with E-state index >= 15 is 0 Å². The fourth-order valence-corrected chi connectivity index (χ4v) is 0.224. The Labute approximate surface area is 40.0 Å². The van der Waals surface area contributed by atoms with Crippen molar-refractivity contribution in [1.82, 2.24) is 4.90 Å². The molecule has 0 saturated carbocycles. The maximum atomic E-state index is 3.71. The van der Waals surface area contributed by atoms with Crippen molar-refractivity contribution in [2.45, 2.75) is 13.8 Å². The Hall–Kier alpha value is -1.04. The molecule has 0 atom stereocenters. The molecule has 0 spiro atoms. The van der Waals surface area contributed by atoms with Gasteiger partial charge in [0.05, 0.1) is 0 Å². The van der Waals surface area contributed by atoms with Crippen LogP contribution in [0.5, 0.6) is 0 Å². The average molecular weight is 353 g/mol. The van der Waals surface area contributed by atoms with Gasteiger partial charge in [-0.3, -0.25) is 7.05 Å². The van der Waals surface area contributed by atoms with Gasteiger partial charge in [-0.1, -0.05) is 13.8 Å². The standard InChI is InChI=1S/C5H12N.Rf/c1-4-6(3)5-2;/h3-5H2,1-2H3;/q-1;. The second-order valence-corrected chi connectivity index (χ2v) is 1.30. The summed E-state index contributed by atoms with van der Waals surface area (Å²) < 4.78 is 0. The Kier molecular flexibility index (Phi) is 6.63. The summed E-state index contributed by atoms with van der Waals surface area (Å²) in [6.07, 6.45) is 0. The van der Waals surface area contributed by atoms with Gasteiger partial charge in [-0.25, -0.2) is 0 Å². The fourth-order valence-electron chi connectivity index (χ4n) is 0.224. The molecule has 0 heterocycles. The van der Waals surface area contributed by atoms with E-state index in [1.54, 1.807) is 0 Å². The van der Waals surface area contributed by atoms with Crippen LogP contribution in [0.25, 0.3) is 0 Å². The zero-order valence-corrected chi connectivity index (χ0v) is 11.7. The van der Waals surface area contributed by atoms with Crippen LogP contribution >= 0.6 is 0 Å². The molecule has 7 heavy (non-hydrogen) atoms. The van der Waals surface area contributed by atoms with E-state index in [-0.39, 0.29) is 0 Å². The molecule has 0 bridgehead atoms. The maximum absolute atomic E-state index is 3.71. The van der Waals surface area contributed by atoms with Gasteiger partial charge in [0.25, 0.3) is 0 Å². The summed E-state index contributed by atoms with van der Waals surface area (Å²) >= 11 is 0. The quantitative estimate of drug-likeness (QED) is 0.673. The summed E-state index contributed by atoms with van der Waals surface area (Å²) in [6, 6.07) is 0. The minimum Gasteiger partial charge on any atom is -0.460 e. The topological polar surface area (TPSA) is 3.24 Å². The van der Waals surface area contributed by atoms with Gasteiger partial charge in [-0.2, -0.15) is 0 Å². The summed E-state index contributed by atoms with van der Waals surface area (Å²) in [5, 5.41) is 0. The second-order valence-electron chi connectivity index (χ2n) is 1.30. The number of nitrogens with zero attached hydrogens (tertiary/aromatic N) is 1. The average Bonchev–Trinajstić information content (AvgIpc) is 1.65. The molecule has 0 aliphatic rings. The maximum Gasteiger partial charge on any atom is 0 e. The molecule has 0 amide bonds. The molecule has 0 saturated heterocycles. The Bertz CT molecular complexity index is 27.3. The van der Waals surface area contributed by atoms with Gasteiger partial charge in [0.1, 0.15) is 0 Å². The van der Waals surface area contributed by atoms with E-state index in [9.17, 15) is 0 Å². The van der Waals surface area contributed by atoms with Crippen molar-refractivity contribution in [1.29, 1.82) is 0 Å². The summed E-state index contributed by atoms with van der Waals surface area (Å²) in [4.78, 5) is 2.00. The number of rotatable bonds is 2. The third kappa shape index (κ3) is 4.96. The van der Waals surface area contributed by atoms with Crippen LogP contribution in [0.2, 0.25) is 0 Å². The van der Waals surface area contributed by atoms with Crippen molar-refractivity contribution >= 4 is 0 Å². The minimum absolute atomic E-state index is 0. The van der Waals surface area contributed by atoms with Crippen molar-refractivity contribution in [3.05, 3.63) is 7.05 Å². The van der Waals surface area contributed by atoms with Crippen LogP contribution in [0.3, 0.4) is 0 Å². The van der Waals surface area contributed by atoms with Crippen molar-refractivity contribution in [2.24, 2.45) is 0 Å². The smallest absolute Gasteiger partial charge is 0 e. The number of hydrogen-bond donors (Lipinski definition) is 0. The summed E-state index contributed by atoms with van der Waals surface area (Å²) in [6.45, 7) is 6.29. The molecule has 0 radical (unpaired) electrons. The van der Waals surface area contributed by atoms with Gasteiger partial charge in [-0.05, 0) is 13.1 Å². The van der Waals surface area contributed by atoms with E-state index in [0.717, 1.165) is 13.1 Å². The van der Waals surface area contributed by atoms with Crippen LogP contribution in [0.15, 0.2) is 0 Å². The van der Waals surface area contributed by atoms with E-state index in [0.29, 0.717) is 0 Å². The Morgan fingerprint density at radius 2 is 1.57 bits per heavy atom. The minimum atomic E-state index is 0. The van der Waals surface area contributed by atoms with Crippen LogP contribution in [0.4, 0.5) is 0 Å². The molecule has 0 N–H and O–H groups in total. The second kappa shape index (κ2) is 4.96. The fraction of sp³-hybridized carbons (Fsp3) is 0.800. The van der Waals surface area contributed by atoms with Crippen molar-refractivity contribution in [3.63, 3.8) is 0 Å². The summed E-state index contributed by atoms with van der Waals surface area (Å²) in [5.74, 6) is 0. The number of hydrogen-bond acceptors (Lipinski definition) is 1. The van der Waals surface area contributed by atoms with Crippen LogP contribution < -0.4 is 0 Å². The molecule has 1 nitrogen and oxygen atoms in total. The third-order valence-electron chi connectivity index (χ3n) is 0.894.